The van der Waals surface area contributed by atoms with E-state index in [-0.39, 0.29) is 5.91 Å². The Labute approximate surface area is 165 Å². The van der Waals surface area contributed by atoms with Gasteiger partial charge in [-0.3, -0.25) is 4.79 Å². The lowest BCUT2D eigenvalue weighted by atomic mass is 10.2. The van der Waals surface area contributed by atoms with Gasteiger partial charge in [0.1, 0.15) is 5.69 Å². The molecule has 1 saturated heterocycles. The van der Waals surface area contributed by atoms with E-state index in [0.29, 0.717) is 38.0 Å². The summed E-state index contributed by atoms with van der Waals surface area (Å²) in [7, 11) is 1.67. The van der Waals surface area contributed by atoms with Crippen molar-refractivity contribution >= 4 is 23.2 Å². The second kappa shape index (κ2) is 10.0. The minimum Gasteiger partial charge on any atom is -0.385 e. The molecule has 1 aliphatic rings. The number of anilines is 3. The molecule has 3 rings (SSSR count). The van der Waals surface area contributed by atoms with Crippen LogP contribution < -0.4 is 15.5 Å². The molecule has 28 heavy (non-hydrogen) atoms. The average molecular weight is 385 g/mol. The smallest absolute Gasteiger partial charge is 0.274 e. The summed E-state index contributed by atoms with van der Waals surface area (Å²) in [5.74, 6) is 0.189. The quantitative estimate of drug-likeness (QED) is 0.674. The second-order valence-electron chi connectivity index (χ2n) is 6.56. The number of methoxy groups -OCH3 is 1. The zero-order valence-corrected chi connectivity index (χ0v) is 16.4. The van der Waals surface area contributed by atoms with E-state index < -0.39 is 0 Å². The van der Waals surface area contributed by atoms with Crippen molar-refractivity contribution in [3.8, 4) is 0 Å². The molecule has 0 atom stereocenters. The van der Waals surface area contributed by atoms with Gasteiger partial charge in [0.25, 0.3) is 5.91 Å². The Morgan fingerprint density at radius 3 is 2.82 bits per heavy atom. The number of para-hydroxylation sites is 2. The molecule has 0 unspecified atom stereocenters. The van der Waals surface area contributed by atoms with E-state index in [1.165, 1.54) is 0 Å². The Morgan fingerprint density at radius 1 is 1.25 bits per heavy atom. The van der Waals surface area contributed by atoms with Crippen molar-refractivity contribution in [1.82, 2.24) is 9.97 Å². The number of benzene rings is 1. The number of carbonyl (C=O) groups excluding carboxylic acids is 1. The van der Waals surface area contributed by atoms with Crippen molar-refractivity contribution in [2.45, 2.75) is 13.3 Å². The first-order valence-electron chi connectivity index (χ1n) is 9.49. The van der Waals surface area contributed by atoms with Gasteiger partial charge < -0.3 is 25.0 Å². The molecular weight excluding hydrogens is 358 g/mol. The highest BCUT2D eigenvalue weighted by Crippen LogP contribution is 2.26. The maximum absolute atomic E-state index is 12.8. The first kappa shape index (κ1) is 20.0. The van der Waals surface area contributed by atoms with Crippen LogP contribution in [0.15, 0.2) is 30.3 Å². The number of morpholine rings is 1. The van der Waals surface area contributed by atoms with Crippen LogP contribution >= 0.6 is 0 Å². The first-order valence-corrected chi connectivity index (χ1v) is 9.49. The van der Waals surface area contributed by atoms with Crippen LogP contribution in [0.5, 0.6) is 0 Å². The topological polar surface area (TPSA) is 88.6 Å². The fraction of sp³-hybridized carbons (Fsp3) is 0.450. The zero-order chi connectivity index (χ0) is 19.8. The van der Waals surface area contributed by atoms with Crippen molar-refractivity contribution in [1.29, 1.82) is 0 Å². The number of aromatic nitrogens is 2. The third-order valence-corrected chi connectivity index (χ3v) is 4.40. The molecule has 150 valence electrons. The number of aryl methyl sites for hydroxylation is 1. The summed E-state index contributed by atoms with van der Waals surface area (Å²) in [6.07, 6.45) is 0.836. The molecule has 1 aliphatic heterocycles. The van der Waals surface area contributed by atoms with Crippen LogP contribution in [0.4, 0.5) is 17.3 Å². The fourth-order valence-electron chi connectivity index (χ4n) is 3.03. The van der Waals surface area contributed by atoms with E-state index in [1.807, 2.05) is 31.2 Å². The van der Waals surface area contributed by atoms with Crippen LogP contribution in [0.3, 0.4) is 0 Å². The predicted octanol–water partition coefficient (Wildman–Crippen LogP) is 2.32. The van der Waals surface area contributed by atoms with Crippen LogP contribution in [-0.2, 0) is 9.47 Å². The third-order valence-electron chi connectivity index (χ3n) is 4.40. The Kier molecular flexibility index (Phi) is 7.16. The van der Waals surface area contributed by atoms with Crippen molar-refractivity contribution in [3.63, 3.8) is 0 Å². The number of carbonyl (C=O) groups is 1. The van der Waals surface area contributed by atoms with Gasteiger partial charge in [-0.2, -0.15) is 0 Å². The number of amides is 1. The third kappa shape index (κ3) is 5.40. The van der Waals surface area contributed by atoms with Crippen molar-refractivity contribution in [2.75, 3.05) is 62.1 Å². The molecule has 1 aromatic carbocycles. The summed E-state index contributed by atoms with van der Waals surface area (Å²) in [4.78, 5) is 23.8. The lowest BCUT2D eigenvalue weighted by Crippen LogP contribution is -2.36. The Bertz CT molecular complexity index is 793. The maximum atomic E-state index is 12.8. The fourth-order valence-corrected chi connectivity index (χ4v) is 3.03. The van der Waals surface area contributed by atoms with Gasteiger partial charge >= 0.3 is 0 Å². The van der Waals surface area contributed by atoms with Gasteiger partial charge in [0.15, 0.2) is 0 Å². The first-order chi connectivity index (χ1) is 13.7. The lowest BCUT2D eigenvalue weighted by Gasteiger charge is -2.30. The van der Waals surface area contributed by atoms with Crippen LogP contribution in [-0.4, -0.2) is 62.4 Å². The molecular formula is C20H27N5O3. The van der Waals surface area contributed by atoms with E-state index in [9.17, 15) is 4.79 Å². The molecule has 0 aliphatic carbocycles. The summed E-state index contributed by atoms with van der Waals surface area (Å²) in [5.41, 5.74) is 2.82. The SMILES string of the molecule is COCCCNc1nc(C)cc(C(=O)Nc2ccccc2N2CCOCC2)n1. The van der Waals surface area contributed by atoms with Crippen molar-refractivity contribution < 1.29 is 14.3 Å². The van der Waals surface area contributed by atoms with E-state index in [4.69, 9.17) is 9.47 Å². The highest BCUT2D eigenvalue weighted by atomic mass is 16.5. The number of nitrogens with one attached hydrogen (secondary N) is 2. The number of hydrogen-bond donors (Lipinski definition) is 2. The van der Waals surface area contributed by atoms with E-state index >= 15 is 0 Å². The second-order valence-corrected chi connectivity index (χ2v) is 6.56. The van der Waals surface area contributed by atoms with Gasteiger partial charge in [0, 0.05) is 39.0 Å². The average Bonchev–Trinajstić information content (AvgIpc) is 2.72. The van der Waals surface area contributed by atoms with Gasteiger partial charge in [0.2, 0.25) is 5.95 Å². The van der Waals surface area contributed by atoms with Gasteiger partial charge in [-0.1, -0.05) is 12.1 Å². The molecule has 2 N–H and O–H groups in total. The molecule has 8 nitrogen and oxygen atoms in total. The summed E-state index contributed by atoms with van der Waals surface area (Å²) in [6, 6.07) is 9.48. The highest BCUT2D eigenvalue weighted by molar-refractivity contribution is 6.04. The summed E-state index contributed by atoms with van der Waals surface area (Å²) >= 11 is 0. The molecule has 2 heterocycles. The van der Waals surface area contributed by atoms with Gasteiger partial charge in [-0.15, -0.1) is 0 Å². The molecule has 1 amide bonds. The van der Waals surface area contributed by atoms with Gasteiger partial charge in [0.05, 0.1) is 24.6 Å². The standard InChI is InChI=1S/C20H27N5O3/c1-15-14-17(24-20(22-15)21-8-5-11-27-2)19(26)23-16-6-3-4-7-18(16)25-9-12-28-13-10-25/h3-4,6-7,14H,5,8-13H2,1-2H3,(H,23,26)(H,21,22,24). The molecule has 2 aromatic rings. The highest BCUT2D eigenvalue weighted by Gasteiger charge is 2.17. The van der Waals surface area contributed by atoms with Crippen LogP contribution in [0.2, 0.25) is 0 Å². The molecule has 8 heteroatoms. The summed E-state index contributed by atoms with van der Waals surface area (Å²) in [6.45, 7) is 6.16. The van der Waals surface area contributed by atoms with Gasteiger partial charge in [-0.25, -0.2) is 9.97 Å². The Hall–Kier alpha value is -2.71. The molecule has 1 fully saturated rings. The largest absolute Gasteiger partial charge is 0.385 e. The van der Waals surface area contributed by atoms with Crippen molar-refractivity contribution in [2.24, 2.45) is 0 Å². The minimum atomic E-state index is -0.258. The summed E-state index contributed by atoms with van der Waals surface area (Å²) in [5, 5.41) is 6.13. The van der Waals surface area contributed by atoms with Crippen molar-refractivity contribution in [3.05, 3.63) is 41.7 Å². The molecule has 0 radical (unpaired) electrons. The number of ether oxygens (including phenoxy) is 2. The normalized spacial score (nSPS) is 14.0. The lowest BCUT2D eigenvalue weighted by molar-refractivity contribution is 0.102. The monoisotopic (exact) mass is 385 g/mol. The van der Waals surface area contributed by atoms with Crippen LogP contribution in [0.25, 0.3) is 0 Å². The predicted molar refractivity (Wildman–Crippen MR) is 109 cm³/mol. The van der Waals surface area contributed by atoms with Crippen LogP contribution in [0, 0.1) is 6.92 Å². The van der Waals surface area contributed by atoms with E-state index in [1.54, 1.807) is 13.2 Å². The zero-order valence-electron chi connectivity index (χ0n) is 16.4. The number of nitrogens with zero attached hydrogens (tertiary/aromatic N) is 3. The maximum Gasteiger partial charge on any atom is 0.274 e. The van der Waals surface area contributed by atoms with Gasteiger partial charge in [-0.05, 0) is 31.5 Å². The molecule has 0 saturated carbocycles. The van der Waals surface area contributed by atoms with Crippen LogP contribution in [0.1, 0.15) is 22.6 Å². The molecule has 0 bridgehead atoms. The number of hydrogen-bond acceptors (Lipinski definition) is 7. The molecule has 0 spiro atoms. The molecule has 1 aromatic heterocycles. The number of rotatable bonds is 8. The summed E-state index contributed by atoms with van der Waals surface area (Å²) < 4.78 is 10.5. The minimum absolute atomic E-state index is 0.258. The Morgan fingerprint density at radius 2 is 2.04 bits per heavy atom. The van der Waals surface area contributed by atoms with E-state index in [2.05, 4.69) is 25.5 Å². The Balaban J connectivity index is 1.72. The van der Waals surface area contributed by atoms with E-state index in [0.717, 1.165) is 36.6 Å².